The summed E-state index contributed by atoms with van der Waals surface area (Å²) < 4.78 is 10.9. The molecule has 1 aromatic rings. The van der Waals surface area contributed by atoms with Crippen LogP contribution in [0.1, 0.15) is 5.56 Å². The molecular formula is C17H23N3O4. The molecule has 130 valence electrons. The third kappa shape index (κ3) is 3.85. The molecule has 7 nitrogen and oxygen atoms in total. The molecule has 0 radical (unpaired) electrons. The summed E-state index contributed by atoms with van der Waals surface area (Å²) in [7, 11) is 1.86. The number of carbonyl (C=O) groups excluding carboxylic acids is 2. The smallest absolute Gasteiger partial charge is 0.255 e. The number of nitrogens with two attached hydrogens (primary N) is 1. The highest BCUT2D eigenvalue weighted by molar-refractivity contribution is 5.80. The van der Waals surface area contributed by atoms with Crippen molar-refractivity contribution < 1.29 is 19.1 Å². The maximum absolute atomic E-state index is 12.4. The van der Waals surface area contributed by atoms with Crippen molar-refractivity contribution in [2.24, 2.45) is 11.7 Å². The quantitative estimate of drug-likeness (QED) is 0.809. The molecule has 1 aromatic carbocycles. The third-order valence-electron chi connectivity index (χ3n) is 4.53. The molecule has 2 atom stereocenters. The second-order valence-electron chi connectivity index (χ2n) is 6.43. The SMILES string of the molecule is CN1C(=O)[C@H]2COC[C@@H]1CN(Cc1ccc(OCC(N)=O)cc1)C2. The van der Waals surface area contributed by atoms with Crippen molar-refractivity contribution >= 4 is 11.8 Å². The number of hydrogen-bond acceptors (Lipinski definition) is 5. The average Bonchev–Trinajstić information content (AvgIpc) is 2.73. The van der Waals surface area contributed by atoms with Crippen molar-refractivity contribution in [2.45, 2.75) is 12.6 Å². The van der Waals surface area contributed by atoms with Crippen LogP contribution in [0, 0.1) is 5.92 Å². The molecule has 2 aliphatic heterocycles. The van der Waals surface area contributed by atoms with E-state index in [0.29, 0.717) is 25.5 Å². The lowest BCUT2D eigenvalue weighted by molar-refractivity contribution is -0.134. The van der Waals surface area contributed by atoms with Gasteiger partial charge in [-0.2, -0.15) is 0 Å². The largest absolute Gasteiger partial charge is 0.484 e. The van der Waals surface area contributed by atoms with E-state index in [0.717, 1.165) is 18.7 Å². The Morgan fingerprint density at radius 1 is 1.29 bits per heavy atom. The van der Waals surface area contributed by atoms with Gasteiger partial charge in [-0.3, -0.25) is 14.5 Å². The molecule has 2 fully saturated rings. The minimum Gasteiger partial charge on any atom is -0.484 e. The van der Waals surface area contributed by atoms with Crippen LogP contribution in [0.4, 0.5) is 0 Å². The van der Waals surface area contributed by atoms with Gasteiger partial charge < -0.3 is 20.1 Å². The van der Waals surface area contributed by atoms with Gasteiger partial charge in [0.2, 0.25) is 5.91 Å². The Bertz CT molecular complexity index is 604. The monoisotopic (exact) mass is 333 g/mol. The Hall–Kier alpha value is -2.12. The molecule has 0 aromatic heterocycles. The Labute approximate surface area is 141 Å². The second-order valence-corrected chi connectivity index (χ2v) is 6.43. The molecule has 24 heavy (non-hydrogen) atoms. The van der Waals surface area contributed by atoms with Crippen LogP contribution >= 0.6 is 0 Å². The second kappa shape index (κ2) is 7.19. The summed E-state index contributed by atoms with van der Waals surface area (Å²) in [6.07, 6.45) is 0. The van der Waals surface area contributed by atoms with E-state index < -0.39 is 5.91 Å². The summed E-state index contributed by atoms with van der Waals surface area (Å²) >= 11 is 0. The van der Waals surface area contributed by atoms with E-state index in [4.69, 9.17) is 15.2 Å². The fourth-order valence-electron chi connectivity index (χ4n) is 3.22. The average molecular weight is 333 g/mol. The van der Waals surface area contributed by atoms with Crippen molar-refractivity contribution in [1.82, 2.24) is 9.80 Å². The topological polar surface area (TPSA) is 85.1 Å². The first-order valence-corrected chi connectivity index (χ1v) is 8.09. The predicted octanol–water partition coefficient (Wildman–Crippen LogP) is -0.160. The molecule has 2 bridgehead atoms. The van der Waals surface area contributed by atoms with E-state index in [2.05, 4.69) is 4.90 Å². The number of primary amides is 1. The van der Waals surface area contributed by atoms with Crippen LogP contribution in [0.25, 0.3) is 0 Å². The highest BCUT2D eigenvalue weighted by Crippen LogP contribution is 2.22. The van der Waals surface area contributed by atoms with Crippen LogP contribution < -0.4 is 10.5 Å². The maximum Gasteiger partial charge on any atom is 0.255 e. The van der Waals surface area contributed by atoms with Crippen molar-refractivity contribution in [2.75, 3.05) is 40.0 Å². The number of fused-ring (bicyclic) bond motifs is 3. The first kappa shape index (κ1) is 16.7. The van der Waals surface area contributed by atoms with Crippen LogP contribution in [-0.4, -0.2) is 67.6 Å². The van der Waals surface area contributed by atoms with Gasteiger partial charge in [-0.05, 0) is 17.7 Å². The van der Waals surface area contributed by atoms with E-state index in [1.807, 2.05) is 36.2 Å². The molecule has 0 unspecified atom stereocenters. The first-order valence-electron chi connectivity index (χ1n) is 8.09. The molecular weight excluding hydrogens is 310 g/mol. The highest BCUT2D eigenvalue weighted by atomic mass is 16.5. The van der Waals surface area contributed by atoms with Crippen LogP contribution in [-0.2, 0) is 20.9 Å². The van der Waals surface area contributed by atoms with Gasteiger partial charge >= 0.3 is 0 Å². The van der Waals surface area contributed by atoms with Gasteiger partial charge in [0.25, 0.3) is 5.91 Å². The van der Waals surface area contributed by atoms with Gasteiger partial charge in [-0.15, -0.1) is 0 Å². The van der Waals surface area contributed by atoms with Crippen molar-refractivity contribution in [3.05, 3.63) is 29.8 Å². The van der Waals surface area contributed by atoms with Crippen LogP contribution in [0.3, 0.4) is 0 Å². The zero-order chi connectivity index (χ0) is 17.1. The zero-order valence-corrected chi connectivity index (χ0v) is 13.8. The number of benzene rings is 1. The standard InChI is InChI=1S/C17H23N3O4/c1-19-14-8-20(7-13(17(19)22)9-23-10-14)6-12-2-4-15(5-3-12)24-11-16(18)21/h2-5,13-14H,6-11H2,1H3,(H2,18,21)/t13-,14+/m1/s1. The molecule has 2 amide bonds. The van der Waals surface area contributed by atoms with Crippen molar-refractivity contribution in [3.8, 4) is 5.75 Å². The van der Waals surface area contributed by atoms with E-state index in [1.165, 1.54) is 0 Å². The van der Waals surface area contributed by atoms with E-state index >= 15 is 0 Å². The zero-order valence-electron chi connectivity index (χ0n) is 13.8. The molecule has 2 saturated heterocycles. The van der Waals surface area contributed by atoms with Crippen molar-refractivity contribution in [3.63, 3.8) is 0 Å². The molecule has 3 rings (SSSR count). The minimum atomic E-state index is -0.494. The van der Waals surface area contributed by atoms with E-state index in [-0.39, 0.29) is 24.5 Å². The summed E-state index contributed by atoms with van der Waals surface area (Å²) in [6, 6.07) is 7.70. The minimum absolute atomic E-state index is 0.0966. The lowest BCUT2D eigenvalue weighted by Gasteiger charge is -2.29. The lowest BCUT2D eigenvalue weighted by atomic mass is 10.1. The van der Waals surface area contributed by atoms with E-state index in [1.54, 1.807) is 0 Å². The predicted molar refractivity (Wildman–Crippen MR) is 87.3 cm³/mol. The fourth-order valence-corrected chi connectivity index (χ4v) is 3.22. The Balaban J connectivity index is 1.63. The van der Waals surface area contributed by atoms with Gasteiger partial charge in [0.05, 0.1) is 25.2 Å². The number of amides is 2. The summed E-state index contributed by atoms with van der Waals surface area (Å²) in [4.78, 5) is 27.2. The highest BCUT2D eigenvalue weighted by Gasteiger charge is 2.37. The molecule has 0 aliphatic carbocycles. The Morgan fingerprint density at radius 2 is 2.04 bits per heavy atom. The molecule has 2 aliphatic rings. The molecule has 0 saturated carbocycles. The molecule has 2 N–H and O–H groups in total. The summed E-state index contributed by atoms with van der Waals surface area (Å²) in [5.41, 5.74) is 6.20. The van der Waals surface area contributed by atoms with Gasteiger partial charge in [0.1, 0.15) is 5.75 Å². The first-order chi connectivity index (χ1) is 11.5. The van der Waals surface area contributed by atoms with Gasteiger partial charge in [-0.1, -0.05) is 12.1 Å². The number of ether oxygens (including phenoxy) is 2. The Morgan fingerprint density at radius 3 is 2.75 bits per heavy atom. The maximum atomic E-state index is 12.4. The van der Waals surface area contributed by atoms with E-state index in [9.17, 15) is 9.59 Å². The molecule has 2 heterocycles. The third-order valence-corrected chi connectivity index (χ3v) is 4.53. The lowest BCUT2D eigenvalue weighted by Crippen LogP contribution is -2.42. The summed E-state index contributed by atoms with van der Waals surface area (Å²) in [5.74, 6) is 0.204. The Kier molecular flexibility index (Phi) is 5.01. The number of rotatable bonds is 5. The summed E-state index contributed by atoms with van der Waals surface area (Å²) in [6.45, 7) is 3.25. The molecule has 0 spiro atoms. The number of hydrogen-bond donors (Lipinski definition) is 1. The summed E-state index contributed by atoms with van der Waals surface area (Å²) in [5, 5.41) is 0. The van der Waals surface area contributed by atoms with Crippen molar-refractivity contribution in [1.29, 1.82) is 0 Å². The van der Waals surface area contributed by atoms with Crippen LogP contribution in [0.15, 0.2) is 24.3 Å². The fraction of sp³-hybridized carbons (Fsp3) is 0.529. The normalized spacial score (nSPS) is 24.5. The molecule has 7 heteroatoms. The van der Waals surface area contributed by atoms with Crippen LogP contribution in [0.5, 0.6) is 5.75 Å². The van der Waals surface area contributed by atoms with Crippen LogP contribution in [0.2, 0.25) is 0 Å². The number of nitrogens with zero attached hydrogens (tertiary/aromatic N) is 2. The number of carbonyl (C=O) groups is 2. The van der Waals surface area contributed by atoms with Gasteiger partial charge in [-0.25, -0.2) is 0 Å². The van der Waals surface area contributed by atoms with Gasteiger partial charge in [0, 0.05) is 26.7 Å². The number of likely N-dealkylation sites (N-methyl/N-ethyl adjacent to an activating group) is 1. The van der Waals surface area contributed by atoms with Gasteiger partial charge in [0.15, 0.2) is 6.61 Å².